The summed E-state index contributed by atoms with van der Waals surface area (Å²) in [5.41, 5.74) is 0.0475. The zero-order valence-electron chi connectivity index (χ0n) is 15.0. The number of fused-ring (bicyclic) bond motifs is 2. The molecule has 1 saturated carbocycles. The maximum atomic E-state index is 13.5. The second-order valence-electron chi connectivity index (χ2n) is 7.27. The average Bonchev–Trinajstić information content (AvgIpc) is 3.44. The second-order valence-corrected chi connectivity index (χ2v) is 7.27. The number of hydrogen-bond donors (Lipinski definition) is 1. The van der Waals surface area contributed by atoms with Gasteiger partial charge in [-0.2, -0.15) is 18.3 Å². The average molecular weight is 404 g/mol. The van der Waals surface area contributed by atoms with Crippen LogP contribution in [0.3, 0.4) is 0 Å². The zero-order chi connectivity index (χ0) is 20.3. The van der Waals surface area contributed by atoms with Crippen LogP contribution in [0, 0.1) is 0 Å². The normalized spacial score (nSPS) is 16.9. The summed E-state index contributed by atoms with van der Waals surface area (Å²) in [4.78, 5) is 37.0. The largest absolute Gasteiger partial charge is 0.433 e. The molecule has 0 atom stereocenters. The molecular weight excluding hydrogens is 389 g/mol. The van der Waals surface area contributed by atoms with Gasteiger partial charge in [0.05, 0.1) is 18.6 Å². The fraction of sp³-hybridized carbons (Fsp3) is 0.389. The third kappa shape index (κ3) is 3.06. The highest BCUT2D eigenvalue weighted by Gasteiger charge is 2.38. The van der Waals surface area contributed by atoms with Gasteiger partial charge in [-0.05, 0) is 25.3 Å². The van der Waals surface area contributed by atoms with Crippen LogP contribution in [0.15, 0.2) is 23.3 Å². The predicted molar refractivity (Wildman–Crippen MR) is 93.3 cm³/mol. The minimum Gasteiger partial charge on any atom is -0.331 e. The lowest BCUT2D eigenvalue weighted by Crippen LogP contribution is -2.39. The number of halogens is 3. The van der Waals surface area contributed by atoms with Crippen LogP contribution in [-0.2, 0) is 19.1 Å². The van der Waals surface area contributed by atoms with Crippen molar-refractivity contribution in [3.05, 3.63) is 57.2 Å². The van der Waals surface area contributed by atoms with Gasteiger partial charge in [0.1, 0.15) is 5.69 Å². The number of nitrogens with one attached hydrogen (secondary N) is 1. The molecule has 1 aliphatic carbocycles. The molecule has 1 N–H and O–H groups in total. The predicted octanol–water partition coefficient (Wildman–Crippen LogP) is 1.91. The molecule has 150 valence electrons. The van der Waals surface area contributed by atoms with Crippen molar-refractivity contribution in [2.24, 2.45) is 0 Å². The highest BCUT2D eigenvalue weighted by Crippen LogP contribution is 2.41. The number of aromatic nitrogens is 5. The molecule has 0 bridgehead atoms. The molecule has 0 aromatic carbocycles. The number of aromatic amines is 1. The van der Waals surface area contributed by atoms with Gasteiger partial charge in [0, 0.05) is 29.8 Å². The Balaban J connectivity index is 1.52. The summed E-state index contributed by atoms with van der Waals surface area (Å²) in [6, 6.07) is 2.30. The van der Waals surface area contributed by atoms with E-state index in [0.29, 0.717) is 27.9 Å². The van der Waals surface area contributed by atoms with Crippen LogP contribution in [0.4, 0.5) is 13.2 Å². The molecule has 1 fully saturated rings. The Kier molecular flexibility index (Phi) is 3.77. The van der Waals surface area contributed by atoms with Crippen LogP contribution < -0.4 is 5.56 Å². The molecule has 0 saturated heterocycles. The fourth-order valence-corrected chi connectivity index (χ4v) is 3.59. The highest BCUT2D eigenvalue weighted by atomic mass is 19.4. The quantitative estimate of drug-likeness (QED) is 0.704. The van der Waals surface area contributed by atoms with Crippen molar-refractivity contribution in [1.29, 1.82) is 0 Å². The van der Waals surface area contributed by atoms with E-state index in [0.717, 1.165) is 18.9 Å². The monoisotopic (exact) mass is 404 g/mol. The smallest absolute Gasteiger partial charge is 0.331 e. The summed E-state index contributed by atoms with van der Waals surface area (Å²) in [7, 11) is 0. The van der Waals surface area contributed by atoms with Gasteiger partial charge >= 0.3 is 6.18 Å². The Bertz CT molecular complexity index is 1190. The number of alkyl halides is 3. The summed E-state index contributed by atoms with van der Waals surface area (Å²) in [6.45, 7) is 0.347. The van der Waals surface area contributed by atoms with Crippen molar-refractivity contribution < 1.29 is 18.0 Å². The van der Waals surface area contributed by atoms with E-state index in [9.17, 15) is 22.8 Å². The zero-order valence-corrected chi connectivity index (χ0v) is 15.0. The molecule has 0 spiro atoms. The lowest BCUT2D eigenvalue weighted by molar-refractivity contribution is -0.142. The number of hydrogen-bond acceptors (Lipinski definition) is 5. The van der Waals surface area contributed by atoms with Gasteiger partial charge in [-0.1, -0.05) is 0 Å². The molecule has 0 unspecified atom stereocenters. The van der Waals surface area contributed by atoms with Crippen molar-refractivity contribution in [2.45, 2.75) is 37.9 Å². The summed E-state index contributed by atoms with van der Waals surface area (Å²) < 4.78 is 41.3. The Morgan fingerprint density at radius 3 is 2.76 bits per heavy atom. The minimum absolute atomic E-state index is 0.00273. The van der Waals surface area contributed by atoms with Crippen molar-refractivity contribution in [3.8, 4) is 0 Å². The maximum absolute atomic E-state index is 13.5. The van der Waals surface area contributed by atoms with Gasteiger partial charge in [0.25, 0.3) is 11.5 Å². The van der Waals surface area contributed by atoms with Gasteiger partial charge in [0.15, 0.2) is 11.3 Å². The highest BCUT2D eigenvalue weighted by molar-refractivity contribution is 5.93. The Morgan fingerprint density at radius 1 is 1.24 bits per heavy atom. The molecule has 4 heterocycles. The van der Waals surface area contributed by atoms with Crippen LogP contribution in [-0.4, -0.2) is 41.9 Å². The molecule has 8 nitrogen and oxygen atoms in total. The van der Waals surface area contributed by atoms with E-state index in [1.54, 1.807) is 0 Å². The number of carbonyl (C=O) groups excluding carboxylic acids is 1. The first-order valence-electron chi connectivity index (χ1n) is 9.14. The first kappa shape index (κ1) is 17.8. The lowest BCUT2D eigenvalue weighted by atomic mass is 10.1. The number of carbonyl (C=O) groups is 1. The maximum Gasteiger partial charge on any atom is 0.433 e. The molecule has 3 aromatic rings. The van der Waals surface area contributed by atoms with Gasteiger partial charge in [0.2, 0.25) is 0 Å². The van der Waals surface area contributed by atoms with Gasteiger partial charge in [-0.3, -0.25) is 9.59 Å². The van der Waals surface area contributed by atoms with Crippen LogP contribution in [0.5, 0.6) is 0 Å². The van der Waals surface area contributed by atoms with E-state index in [1.807, 2.05) is 0 Å². The molecule has 2 aliphatic rings. The molecule has 3 aromatic heterocycles. The van der Waals surface area contributed by atoms with E-state index in [2.05, 4.69) is 20.1 Å². The summed E-state index contributed by atoms with van der Waals surface area (Å²) in [5.74, 6) is -0.498. The SMILES string of the molecule is O=C(c1cc2nc(C3CC3)cc(C(F)(F)F)n2n1)N1CCc2c(nc[nH]c2=O)C1. The van der Waals surface area contributed by atoms with Crippen LogP contribution in [0.2, 0.25) is 0 Å². The van der Waals surface area contributed by atoms with Crippen molar-refractivity contribution >= 4 is 11.6 Å². The Morgan fingerprint density at radius 2 is 2.03 bits per heavy atom. The molecule has 0 radical (unpaired) electrons. The van der Waals surface area contributed by atoms with Gasteiger partial charge in [-0.15, -0.1) is 0 Å². The molecule has 5 rings (SSSR count). The van der Waals surface area contributed by atoms with Crippen molar-refractivity contribution in [1.82, 2.24) is 29.5 Å². The van der Waals surface area contributed by atoms with Gasteiger partial charge < -0.3 is 9.88 Å². The van der Waals surface area contributed by atoms with E-state index < -0.39 is 17.8 Å². The van der Waals surface area contributed by atoms with Crippen LogP contribution in [0.1, 0.15) is 51.9 Å². The molecule has 29 heavy (non-hydrogen) atoms. The van der Waals surface area contributed by atoms with Crippen molar-refractivity contribution in [2.75, 3.05) is 6.54 Å². The third-order valence-corrected chi connectivity index (χ3v) is 5.25. The second kappa shape index (κ2) is 6.13. The summed E-state index contributed by atoms with van der Waals surface area (Å²) >= 11 is 0. The molecule has 11 heteroatoms. The number of amides is 1. The standard InChI is InChI=1S/C18H15F3N6O2/c19-18(20,21)14-5-11(9-1-2-9)24-15-6-12(25-27(14)15)17(29)26-4-3-10-13(7-26)22-8-23-16(10)28/h5-6,8-9H,1-4,7H2,(H,22,23,28). The number of rotatable bonds is 2. The number of H-pyrrole nitrogens is 1. The van der Waals surface area contributed by atoms with Gasteiger partial charge in [-0.25, -0.2) is 14.5 Å². The van der Waals surface area contributed by atoms with E-state index in [-0.39, 0.29) is 35.9 Å². The Labute approximate surface area is 161 Å². The van der Waals surface area contributed by atoms with E-state index in [1.165, 1.54) is 17.3 Å². The van der Waals surface area contributed by atoms with Crippen molar-refractivity contribution in [3.63, 3.8) is 0 Å². The molecular formula is C18H15F3N6O2. The molecule has 1 amide bonds. The van der Waals surface area contributed by atoms with E-state index >= 15 is 0 Å². The van der Waals surface area contributed by atoms with Crippen LogP contribution >= 0.6 is 0 Å². The molecule has 1 aliphatic heterocycles. The first-order chi connectivity index (χ1) is 13.8. The number of nitrogens with zero attached hydrogens (tertiary/aromatic N) is 5. The van der Waals surface area contributed by atoms with E-state index in [4.69, 9.17) is 0 Å². The topological polar surface area (TPSA) is 96.2 Å². The first-order valence-corrected chi connectivity index (χ1v) is 9.14. The summed E-state index contributed by atoms with van der Waals surface area (Å²) in [6.07, 6.45) is -1.43. The summed E-state index contributed by atoms with van der Waals surface area (Å²) in [5, 5.41) is 3.90. The minimum atomic E-state index is -4.62. The lowest BCUT2D eigenvalue weighted by Gasteiger charge is -2.26. The third-order valence-electron chi connectivity index (χ3n) is 5.25. The Hall–Kier alpha value is -3.24. The van der Waals surface area contributed by atoms with Crippen LogP contribution in [0.25, 0.3) is 5.65 Å². The fourth-order valence-electron chi connectivity index (χ4n) is 3.59.